The summed E-state index contributed by atoms with van der Waals surface area (Å²) in [6.07, 6.45) is 0. The standard InChI is InChI=1S/C12H14FN3S/c1-8-6-12(16(2)15-8)17-11-5-3-4-10(13)9(11)7-14/h3-6H,7,14H2,1-2H3. The molecule has 0 unspecified atom stereocenters. The van der Waals surface area contributed by atoms with Crippen LogP contribution < -0.4 is 5.73 Å². The summed E-state index contributed by atoms with van der Waals surface area (Å²) in [4.78, 5) is 0.843. The molecule has 90 valence electrons. The van der Waals surface area contributed by atoms with Crippen LogP contribution in [0.15, 0.2) is 34.2 Å². The minimum Gasteiger partial charge on any atom is -0.326 e. The molecule has 0 aliphatic heterocycles. The van der Waals surface area contributed by atoms with Gasteiger partial charge in [0.15, 0.2) is 0 Å². The molecule has 0 saturated heterocycles. The van der Waals surface area contributed by atoms with Gasteiger partial charge >= 0.3 is 0 Å². The van der Waals surface area contributed by atoms with E-state index in [-0.39, 0.29) is 12.4 Å². The van der Waals surface area contributed by atoms with Crippen LogP contribution in [0.25, 0.3) is 0 Å². The summed E-state index contributed by atoms with van der Waals surface area (Å²) in [6, 6.07) is 6.97. The second kappa shape index (κ2) is 4.89. The zero-order valence-corrected chi connectivity index (χ0v) is 10.6. The third kappa shape index (κ3) is 2.50. The number of aromatic nitrogens is 2. The van der Waals surface area contributed by atoms with Gasteiger partial charge in [-0.2, -0.15) is 5.10 Å². The molecule has 0 bridgehead atoms. The number of hydrogen-bond donors (Lipinski definition) is 1. The van der Waals surface area contributed by atoms with Gasteiger partial charge < -0.3 is 5.73 Å². The second-order valence-corrected chi connectivity index (χ2v) is 4.83. The van der Waals surface area contributed by atoms with Gasteiger partial charge in [-0.25, -0.2) is 4.39 Å². The fraction of sp³-hybridized carbons (Fsp3) is 0.250. The van der Waals surface area contributed by atoms with Crippen LogP contribution in [0.4, 0.5) is 4.39 Å². The molecule has 17 heavy (non-hydrogen) atoms. The maximum Gasteiger partial charge on any atom is 0.128 e. The maximum absolute atomic E-state index is 13.5. The zero-order chi connectivity index (χ0) is 12.4. The molecular weight excluding hydrogens is 237 g/mol. The van der Waals surface area contributed by atoms with E-state index in [1.165, 1.54) is 17.8 Å². The van der Waals surface area contributed by atoms with Crippen LogP contribution in [-0.2, 0) is 13.6 Å². The summed E-state index contributed by atoms with van der Waals surface area (Å²) in [5, 5.41) is 5.23. The largest absolute Gasteiger partial charge is 0.326 e. The van der Waals surface area contributed by atoms with Crippen molar-refractivity contribution in [2.24, 2.45) is 12.8 Å². The smallest absolute Gasteiger partial charge is 0.128 e. The highest BCUT2D eigenvalue weighted by molar-refractivity contribution is 7.99. The Hall–Kier alpha value is -1.33. The second-order valence-electron chi connectivity index (χ2n) is 3.77. The Morgan fingerprint density at radius 3 is 2.82 bits per heavy atom. The highest BCUT2D eigenvalue weighted by Crippen LogP contribution is 2.31. The van der Waals surface area contributed by atoms with E-state index < -0.39 is 0 Å². The summed E-state index contributed by atoms with van der Waals surface area (Å²) in [5.41, 5.74) is 7.07. The van der Waals surface area contributed by atoms with E-state index >= 15 is 0 Å². The average Bonchev–Trinajstić information content (AvgIpc) is 2.58. The SMILES string of the molecule is Cc1cc(Sc2cccc(F)c2CN)n(C)n1. The Kier molecular flexibility index (Phi) is 3.49. The molecule has 0 aliphatic rings. The first-order chi connectivity index (χ1) is 8.11. The van der Waals surface area contributed by atoms with Crippen molar-refractivity contribution in [1.82, 2.24) is 9.78 Å². The number of nitrogens with two attached hydrogens (primary N) is 1. The van der Waals surface area contributed by atoms with E-state index in [0.29, 0.717) is 5.56 Å². The molecule has 0 aliphatic carbocycles. The predicted molar refractivity (Wildman–Crippen MR) is 66.4 cm³/mol. The summed E-state index contributed by atoms with van der Waals surface area (Å²) in [7, 11) is 1.87. The first-order valence-electron chi connectivity index (χ1n) is 5.27. The number of aryl methyl sites for hydroxylation is 2. The average molecular weight is 251 g/mol. The number of halogens is 1. The lowest BCUT2D eigenvalue weighted by molar-refractivity contribution is 0.604. The Labute approximate surface area is 104 Å². The van der Waals surface area contributed by atoms with Crippen LogP contribution in [0.2, 0.25) is 0 Å². The molecule has 2 N–H and O–H groups in total. The number of rotatable bonds is 3. The van der Waals surface area contributed by atoms with Gasteiger partial charge in [-0.15, -0.1) is 0 Å². The van der Waals surface area contributed by atoms with Crippen LogP contribution in [0.1, 0.15) is 11.3 Å². The molecule has 0 fully saturated rings. The maximum atomic E-state index is 13.5. The molecular formula is C12H14FN3S. The van der Waals surface area contributed by atoms with Crippen molar-refractivity contribution in [3.05, 3.63) is 41.3 Å². The third-order valence-corrected chi connectivity index (χ3v) is 3.65. The molecule has 1 heterocycles. The normalized spacial score (nSPS) is 10.8. The van der Waals surface area contributed by atoms with Gasteiger partial charge in [0.2, 0.25) is 0 Å². The summed E-state index contributed by atoms with van der Waals surface area (Å²) in [5.74, 6) is -0.253. The Balaban J connectivity index is 2.36. The van der Waals surface area contributed by atoms with Crippen LogP contribution >= 0.6 is 11.8 Å². The van der Waals surface area contributed by atoms with E-state index in [1.807, 2.05) is 26.1 Å². The lowest BCUT2D eigenvalue weighted by atomic mass is 10.2. The van der Waals surface area contributed by atoms with Crippen LogP contribution in [0.5, 0.6) is 0 Å². The van der Waals surface area contributed by atoms with Crippen molar-refractivity contribution in [3.63, 3.8) is 0 Å². The van der Waals surface area contributed by atoms with Gasteiger partial charge in [-0.1, -0.05) is 17.8 Å². The minimum atomic E-state index is -0.253. The Bertz CT molecular complexity index is 537. The monoisotopic (exact) mass is 251 g/mol. The molecule has 5 heteroatoms. The van der Waals surface area contributed by atoms with E-state index in [1.54, 1.807) is 10.7 Å². The topological polar surface area (TPSA) is 43.8 Å². The molecule has 0 spiro atoms. The van der Waals surface area contributed by atoms with Gasteiger partial charge in [0.05, 0.1) is 10.7 Å². The molecule has 0 radical (unpaired) electrons. The van der Waals surface area contributed by atoms with Crippen molar-refractivity contribution in [3.8, 4) is 0 Å². The Morgan fingerprint density at radius 1 is 1.47 bits per heavy atom. The van der Waals surface area contributed by atoms with Crippen LogP contribution in [0.3, 0.4) is 0 Å². The van der Waals surface area contributed by atoms with Crippen molar-refractivity contribution in [1.29, 1.82) is 0 Å². The fourth-order valence-corrected chi connectivity index (χ4v) is 2.71. The van der Waals surface area contributed by atoms with E-state index in [9.17, 15) is 4.39 Å². The first-order valence-corrected chi connectivity index (χ1v) is 6.09. The molecule has 2 aromatic rings. The van der Waals surface area contributed by atoms with Crippen LogP contribution in [0, 0.1) is 12.7 Å². The lowest BCUT2D eigenvalue weighted by Crippen LogP contribution is -2.02. The molecule has 1 aromatic heterocycles. The van der Waals surface area contributed by atoms with Crippen molar-refractivity contribution >= 4 is 11.8 Å². The lowest BCUT2D eigenvalue weighted by Gasteiger charge is -2.08. The van der Waals surface area contributed by atoms with E-state index in [0.717, 1.165) is 15.6 Å². The fourth-order valence-electron chi connectivity index (χ4n) is 1.63. The quantitative estimate of drug-likeness (QED) is 0.911. The minimum absolute atomic E-state index is 0.200. The van der Waals surface area contributed by atoms with Crippen LogP contribution in [-0.4, -0.2) is 9.78 Å². The van der Waals surface area contributed by atoms with Gasteiger partial charge in [0, 0.05) is 24.1 Å². The zero-order valence-electron chi connectivity index (χ0n) is 9.77. The summed E-state index contributed by atoms with van der Waals surface area (Å²) >= 11 is 1.48. The first kappa shape index (κ1) is 12.1. The van der Waals surface area contributed by atoms with Gasteiger partial charge in [0.25, 0.3) is 0 Å². The number of benzene rings is 1. The third-order valence-electron chi connectivity index (χ3n) is 2.45. The van der Waals surface area contributed by atoms with Crippen molar-refractivity contribution < 1.29 is 4.39 Å². The molecule has 0 saturated carbocycles. The summed E-state index contributed by atoms with van der Waals surface area (Å²) < 4.78 is 15.3. The van der Waals surface area contributed by atoms with Gasteiger partial charge in [-0.3, -0.25) is 4.68 Å². The van der Waals surface area contributed by atoms with Gasteiger partial charge in [0.1, 0.15) is 5.82 Å². The molecule has 3 nitrogen and oxygen atoms in total. The molecule has 1 aromatic carbocycles. The Morgan fingerprint density at radius 2 is 2.24 bits per heavy atom. The number of hydrogen-bond acceptors (Lipinski definition) is 3. The highest BCUT2D eigenvalue weighted by Gasteiger charge is 2.10. The molecule has 0 atom stereocenters. The molecule has 0 amide bonds. The molecule has 2 rings (SSSR count). The van der Waals surface area contributed by atoms with Gasteiger partial charge in [-0.05, 0) is 25.1 Å². The van der Waals surface area contributed by atoms with Crippen molar-refractivity contribution in [2.75, 3.05) is 0 Å². The number of nitrogens with zero attached hydrogens (tertiary/aromatic N) is 2. The van der Waals surface area contributed by atoms with E-state index in [2.05, 4.69) is 5.10 Å². The predicted octanol–water partition coefficient (Wildman–Crippen LogP) is 2.48. The summed E-state index contributed by atoms with van der Waals surface area (Å²) in [6.45, 7) is 2.13. The van der Waals surface area contributed by atoms with Crippen molar-refractivity contribution in [2.45, 2.75) is 23.4 Å². The highest BCUT2D eigenvalue weighted by atomic mass is 32.2. The van der Waals surface area contributed by atoms with E-state index in [4.69, 9.17) is 5.73 Å².